The lowest BCUT2D eigenvalue weighted by molar-refractivity contribution is -0.139. The van der Waals surface area contributed by atoms with Gasteiger partial charge in [0.25, 0.3) is 0 Å². The number of nitrogens with zero attached hydrogens (tertiary/aromatic N) is 1. The van der Waals surface area contributed by atoms with E-state index >= 15 is 0 Å². The van der Waals surface area contributed by atoms with Crippen LogP contribution in [0.25, 0.3) is 0 Å². The zero-order chi connectivity index (χ0) is 15.7. The van der Waals surface area contributed by atoms with Crippen molar-refractivity contribution in [2.45, 2.75) is 49.4 Å². The van der Waals surface area contributed by atoms with Crippen LogP contribution in [0.15, 0.2) is 24.3 Å². The van der Waals surface area contributed by atoms with E-state index in [-0.39, 0.29) is 10.1 Å². The van der Waals surface area contributed by atoms with Gasteiger partial charge in [0.05, 0.1) is 5.37 Å². The van der Waals surface area contributed by atoms with Gasteiger partial charge in [0, 0.05) is 11.3 Å². The first-order chi connectivity index (χ1) is 10.5. The van der Waals surface area contributed by atoms with Gasteiger partial charge in [-0.25, -0.2) is 0 Å². The molecule has 5 heteroatoms. The number of carbonyl (C=O) groups is 1. The molecule has 0 radical (unpaired) electrons. The first kappa shape index (κ1) is 15.8. The Hall–Kier alpha value is -1.04. The summed E-state index contributed by atoms with van der Waals surface area (Å²) in [7, 11) is 0. The number of hydrogen-bond acceptors (Lipinski definition) is 4. The summed E-state index contributed by atoms with van der Waals surface area (Å²) in [5, 5.41) is 12.6. The molecule has 2 unspecified atom stereocenters. The van der Waals surface area contributed by atoms with Crippen LogP contribution in [0.5, 0.6) is 0 Å². The predicted octanol–water partition coefficient (Wildman–Crippen LogP) is 2.85. The predicted molar refractivity (Wildman–Crippen MR) is 89.9 cm³/mol. The number of aliphatic carboxylic acids is 1. The molecule has 120 valence electrons. The van der Waals surface area contributed by atoms with E-state index < -0.39 is 12.0 Å². The Balaban J connectivity index is 1.67. The van der Waals surface area contributed by atoms with Gasteiger partial charge in [-0.05, 0) is 50.9 Å². The minimum absolute atomic E-state index is 0.0527. The van der Waals surface area contributed by atoms with Crippen LogP contribution in [0, 0.1) is 0 Å². The Bertz CT molecular complexity index is 538. The number of carboxylic acids is 1. The van der Waals surface area contributed by atoms with Crippen molar-refractivity contribution in [2.24, 2.45) is 0 Å². The molecule has 3 rings (SSSR count). The molecule has 0 amide bonds. The van der Waals surface area contributed by atoms with Crippen molar-refractivity contribution in [1.29, 1.82) is 0 Å². The summed E-state index contributed by atoms with van der Waals surface area (Å²) in [6.07, 6.45) is 2.62. The zero-order valence-corrected chi connectivity index (χ0v) is 14.0. The Labute approximate surface area is 136 Å². The second-order valence-corrected chi connectivity index (χ2v) is 8.52. The molecule has 2 N–H and O–H groups in total. The summed E-state index contributed by atoms with van der Waals surface area (Å²) in [6.45, 7) is 7.41. The summed E-state index contributed by atoms with van der Waals surface area (Å²) in [5.74, 6) is -0.773. The molecule has 2 heterocycles. The Morgan fingerprint density at radius 2 is 1.95 bits per heavy atom. The third-order valence-electron chi connectivity index (χ3n) is 4.57. The number of rotatable bonds is 4. The average Bonchev–Trinajstić information content (AvgIpc) is 3.07. The van der Waals surface area contributed by atoms with Crippen molar-refractivity contribution < 1.29 is 9.90 Å². The molecule has 2 aliphatic rings. The van der Waals surface area contributed by atoms with Gasteiger partial charge in [-0.2, -0.15) is 0 Å². The molecule has 0 aromatic heterocycles. The highest BCUT2D eigenvalue weighted by atomic mass is 32.2. The van der Waals surface area contributed by atoms with Crippen LogP contribution in [0.2, 0.25) is 0 Å². The first-order valence-electron chi connectivity index (χ1n) is 7.93. The number of benzene rings is 1. The van der Waals surface area contributed by atoms with Crippen LogP contribution < -0.4 is 5.32 Å². The van der Waals surface area contributed by atoms with Gasteiger partial charge in [0.1, 0.15) is 6.04 Å². The van der Waals surface area contributed by atoms with E-state index in [1.165, 1.54) is 31.5 Å². The maximum absolute atomic E-state index is 11.4. The summed E-state index contributed by atoms with van der Waals surface area (Å²) < 4.78 is -0.301. The molecule has 2 saturated heterocycles. The highest BCUT2D eigenvalue weighted by Crippen LogP contribution is 2.45. The lowest BCUT2D eigenvalue weighted by atomic mass is 10.0. The Morgan fingerprint density at radius 3 is 2.50 bits per heavy atom. The molecular weight excluding hydrogens is 296 g/mol. The van der Waals surface area contributed by atoms with Crippen molar-refractivity contribution in [3.8, 4) is 0 Å². The lowest BCUT2D eigenvalue weighted by Gasteiger charge is -2.20. The molecule has 4 nitrogen and oxygen atoms in total. The van der Waals surface area contributed by atoms with Gasteiger partial charge < -0.3 is 5.11 Å². The molecule has 1 aromatic carbocycles. The topological polar surface area (TPSA) is 52.6 Å². The van der Waals surface area contributed by atoms with E-state index in [1.807, 2.05) is 13.8 Å². The van der Waals surface area contributed by atoms with Crippen molar-refractivity contribution in [2.75, 3.05) is 13.1 Å². The number of thioether (sulfide) groups is 1. The monoisotopic (exact) mass is 320 g/mol. The Kier molecular flexibility index (Phi) is 4.48. The van der Waals surface area contributed by atoms with Gasteiger partial charge >= 0.3 is 5.97 Å². The second kappa shape index (κ2) is 6.22. The summed E-state index contributed by atoms with van der Waals surface area (Å²) in [4.78, 5) is 13.8. The third kappa shape index (κ3) is 3.31. The summed E-state index contributed by atoms with van der Waals surface area (Å²) in [5.41, 5.74) is 2.50. The average molecular weight is 320 g/mol. The fraction of sp³-hybridized carbons (Fsp3) is 0.588. The molecule has 2 fully saturated rings. The normalized spacial score (nSPS) is 28.1. The van der Waals surface area contributed by atoms with E-state index in [0.717, 1.165) is 12.1 Å². The van der Waals surface area contributed by atoms with Gasteiger partial charge in [-0.1, -0.05) is 24.3 Å². The van der Waals surface area contributed by atoms with Crippen LogP contribution >= 0.6 is 11.8 Å². The zero-order valence-electron chi connectivity index (χ0n) is 13.2. The van der Waals surface area contributed by atoms with Crippen LogP contribution in [0.1, 0.15) is 43.2 Å². The molecule has 0 aliphatic carbocycles. The van der Waals surface area contributed by atoms with Crippen LogP contribution in [0.4, 0.5) is 0 Å². The molecule has 2 atom stereocenters. The maximum atomic E-state index is 11.4. The van der Waals surface area contributed by atoms with Gasteiger partial charge in [-0.3, -0.25) is 15.0 Å². The molecular formula is C17H24N2O2S. The van der Waals surface area contributed by atoms with Crippen molar-refractivity contribution in [3.05, 3.63) is 35.4 Å². The van der Waals surface area contributed by atoms with Crippen molar-refractivity contribution in [3.63, 3.8) is 0 Å². The standard InChI is InChI=1S/C17H24N2O2S/c1-17(2)14(16(20)21)18-15(22-17)13-7-5-12(6-8-13)11-19-9-3-4-10-19/h5-8,14-15,18H,3-4,9-11H2,1-2H3,(H,20,21). The number of hydrogen-bond donors (Lipinski definition) is 2. The highest BCUT2D eigenvalue weighted by Gasteiger charge is 2.45. The number of nitrogens with one attached hydrogen (secondary N) is 1. The quantitative estimate of drug-likeness (QED) is 0.893. The number of carboxylic acid groups (broad SMARTS) is 1. The molecule has 1 aromatic rings. The number of likely N-dealkylation sites (tertiary alicyclic amines) is 1. The van der Waals surface area contributed by atoms with E-state index in [2.05, 4.69) is 34.5 Å². The summed E-state index contributed by atoms with van der Waals surface area (Å²) in [6, 6.07) is 8.12. The Morgan fingerprint density at radius 1 is 1.32 bits per heavy atom. The SMILES string of the molecule is CC1(C)SC(c2ccc(CN3CCCC3)cc2)NC1C(=O)O. The van der Waals surface area contributed by atoms with Crippen LogP contribution in [-0.4, -0.2) is 39.9 Å². The second-order valence-electron chi connectivity index (χ2n) is 6.76. The highest BCUT2D eigenvalue weighted by molar-refractivity contribution is 8.01. The van der Waals surface area contributed by atoms with E-state index in [0.29, 0.717) is 0 Å². The van der Waals surface area contributed by atoms with E-state index in [4.69, 9.17) is 0 Å². The van der Waals surface area contributed by atoms with E-state index in [1.54, 1.807) is 11.8 Å². The molecule has 2 aliphatic heterocycles. The molecule has 0 spiro atoms. The van der Waals surface area contributed by atoms with Gasteiger partial charge in [0.2, 0.25) is 0 Å². The largest absolute Gasteiger partial charge is 0.480 e. The van der Waals surface area contributed by atoms with E-state index in [9.17, 15) is 9.90 Å². The lowest BCUT2D eigenvalue weighted by Crippen LogP contribution is -2.43. The smallest absolute Gasteiger partial charge is 0.322 e. The molecule has 22 heavy (non-hydrogen) atoms. The van der Waals surface area contributed by atoms with Gasteiger partial charge in [-0.15, -0.1) is 11.8 Å². The van der Waals surface area contributed by atoms with Crippen molar-refractivity contribution >= 4 is 17.7 Å². The molecule has 0 bridgehead atoms. The fourth-order valence-electron chi connectivity index (χ4n) is 3.29. The van der Waals surface area contributed by atoms with Crippen LogP contribution in [0.3, 0.4) is 0 Å². The summed E-state index contributed by atoms with van der Waals surface area (Å²) >= 11 is 1.69. The third-order valence-corrected chi connectivity index (χ3v) is 6.06. The van der Waals surface area contributed by atoms with Crippen molar-refractivity contribution in [1.82, 2.24) is 10.2 Å². The fourth-order valence-corrected chi connectivity index (χ4v) is 4.70. The van der Waals surface area contributed by atoms with Gasteiger partial charge in [0.15, 0.2) is 0 Å². The minimum Gasteiger partial charge on any atom is -0.480 e. The minimum atomic E-state index is -0.773. The molecule has 0 saturated carbocycles. The maximum Gasteiger partial charge on any atom is 0.322 e. The van der Waals surface area contributed by atoms with Crippen LogP contribution in [-0.2, 0) is 11.3 Å². The first-order valence-corrected chi connectivity index (χ1v) is 8.81.